The van der Waals surface area contributed by atoms with E-state index in [0.717, 1.165) is 23.3 Å². The molecule has 1 fully saturated rings. The van der Waals surface area contributed by atoms with Crippen LogP contribution in [0.5, 0.6) is 0 Å². The number of aryl methyl sites for hydroxylation is 2. The standard InChI is InChI=1S/C22H25NO3S/c24-20(19-15-16-7-3-1-6-10-18(16)27-19)23-13-11-22(12-14-23,21(25)26)17-8-4-2-5-9-17/h2,4-5,8-9,15H,1,3,6-7,10-14H2,(H,25,26). The minimum atomic E-state index is -0.884. The predicted molar refractivity (Wildman–Crippen MR) is 106 cm³/mol. The number of carboxylic acids is 1. The summed E-state index contributed by atoms with van der Waals surface area (Å²) in [4.78, 5) is 29.1. The van der Waals surface area contributed by atoms with Crippen molar-refractivity contribution in [2.45, 2.75) is 50.4 Å². The first-order chi connectivity index (χ1) is 13.1. The highest BCUT2D eigenvalue weighted by molar-refractivity contribution is 7.14. The largest absolute Gasteiger partial charge is 0.481 e. The van der Waals surface area contributed by atoms with Gasteiger partial charge in [0, 0.05) is 18.0 Å². The number of nitrogens with zero attached hydrogens (tertiary/aromatic N) is 1. The van der Waals surface area contributed by atoms with E-state index in [1.165, 1.54) is 29.7 Å². The van der Waals surface area contributed by atoms with E-state index in [1.807, 2.05) is 35.2 Å². The van der Waals surface area contributed by atoms with Crippen molar-refractivity contribution >= 4 is 23.2 Å². The van der Waals surface area contributed by atoms with Crippen LogP contribution in [0.15, 0.2) is 36.4 Å². The van der Waals surface area contributed by atoms with Crippen LogP contribution in [0.4, 0.5) is 0 Å². The Morgan fingerprint density at radius 1 is 1.00 bits per heavy atom. The molecule has 2 heterocycles. The molecule has 2 aliphatic rings. The minimum absolute atomic E-state index is 0.0696. The van der Waals surface area contributed by atoms with Gasteiger partial charge in [-0.15, -0.1) is 11.3 Å². The van der Waals surface area contributed by atoms with Crippen molar-refractivity contribution in [2.75, 3.05) is 13.1 Å². The molecule has 1 aliphatic carbocycles. The molecule has 0 saturated carbocycles. The van der Waals surface area contributed by atoms with Crippen molar-refractivity contribution in [1.29, 1.82) is 0 Å². The van der Waals surface area contributed by atoms with Gasteiger partial charge in [-0.1, -0.05) is 36.8 Å². The quantitative estimate of drug-likeness (QED) is 0.805. The van der Waals surface area contributed by atoms with Gasteiger partial charge in [-0.2, -0.15) is 0 Å². The minimum Gasteiger partial charge on any atom is -0.481 e. The number of carbonyl (C=O) groups is 2. The van der Waals surface area contributed by atoms with Crippen LogP contribution in [0.1, 0.15) is 57.8 Å². The predicted octanol–water partition coefficient (Wildman–Crippen LogP) is 4.28. The van der Waals surface area contributed by atoms with Crippen molar-refractivity contribution in [1.82, 2.24) is 4.90 Å². The van der Waals surface area contributed by atoms with E-state index in [4.69, 9.17) is 0 Å². The maximum absolute atomic E-state index is 13.0. The summed E-state index contributed by atoms with van der Waals surface area (Å²) in [7, 11) is 0. The number of benzene rings is 1. The van der Waals surface area contributed by atoms with E-state index in [-0.39, 0.29) is 5.91 Å². The number of aliphatic carboxylic acids is 1. The van der Waals surface area contributed by atoms with E-state index < -0.39 is 11.4 Å². The normalized spacial score (nSPS) is 19.2. The number of likely N-dealkylation sites (tertiary alicyclic amines) is 1. The number of amides is 1. The van der Waals surface area contributed by atoms with E-state index in [0.29, 0.717) is 25.9 Å². The van der Waals surface area contributed by atoms with Gasteiger partial charge in [-0.3, -0.25) is 9.59 Å². The first kappa shape index (κ1) is 18.2. The van der Waals surface area contributed by atoms with Crippen molar-refractivity contribution in [2.24, 2.45) is 0 Å². The fraction of sp³-hybridized carbons (Fsp3) is 0.455. The molecule has 0 bridgehead atoms. The Balaban J connectivity index is 1.50. The van der Waals surface area contributed by atoms with E-state index in [1.54, 1.807) is 11.3 Å². The highest BCUT2D eigenvalue weighted by Gasteiger charge is 2.44. The Labute approximate surface area is 163 Å². The monoisotopic (exact) mass is 383 g/mol. The van der Waals surface area contributed by atoms with Crippen molar-refractivity contribution in [3.05, 3.63) is 57.3 Å². The zero-order valence-electron chi connectivity index (χ0n) is 15.4. The lowest BCUT2D eigenvalue weighted by atomic mass is 9.73. The van der Waals surface area contributed by atoms with E-state index in [9.17, 15) is 14.7 Å². The molecule has 0 unspecified atom stereocenters. The number of fused-ring (bicyclic) bond motifs is 1. The first-order valence-electron chi connectivity index (χ1n) is 9.80. The van der Waals surface area contributed by atoms with Gasteiger partial charge < -0.3 is 10.0 Å². The van der Waals surface area contributed by atoms with Gasteiger partial charge >= 0.3 is 5.97 Å². The van der Waals surface area contributed by atoms with Gasteiger partial charge in [0.15, 0.2) is 0 Å². The van der Waals surface area contributed by atoms with Crippen LogP contribution < -0.4 is 0 Å². The second-order valence-electron chi connectivity index (χ2n) is 7.67. The van der Waals surface area contributed by atoms with Gasteiger partial charge in [0.05, 0.1) is 10.3 Å². The first-order valence-corrected chi connectivity index (χ1v) is 10.6. The van der Waals surface area contributed by atoms with Gasteiger partial charge in [-0.25, -0.2) is 0 Å². The molecule has 0 atom stereocenters. The molecule has 4 rings (SSSR count). The number of hydrogen-bond acceptors (Lipinski definition) is 3. The number of thiophene rings is 1. The SMILES string of the molecule is O=C(c1cc2c(s1)CCCCC2)N1CCC(C(=O)O)(c2ccccc2)CC1. The summed E-state index contributed by atoms with van der Waals surface area (Å²) in [5, 5.41) is 9.92. The molecular formula is C22H25NO3S. The molecular weight excluding hydrogens is 358 g/mol. The average Bonchev–Trinajstić information content (AvgIpc) is 2.98. The lowest BCUT2D eigenvalue weighted by Crippen LogP contribution is -2.49. The summed E-state index contributed by atoms with van der Waals surface area (Å²) in [6, 6.07) is 11.5. The Kier molecular flexibility index (Phi) is 5.04. The second-order valence-corrected chi connectivity index (χ2v) is 8.80. The molecule has 5 heteroatoms. The molecule has 4 nitrogen and oxygen atoms in total. The Morgan fingerprint density at radius 3 is 2.41 bits per heavy atom. The smallest absolute Gasteiger partial charge is 0.314 e. The summed E-state index contributed by atoms with van der Waals surface area (Å²) in [5.41, 5.74) is 1.31. The molecule has 1 amide bonds. The Morgan fingerprint density at radius 2 is 1.70 bits per heavy atom. The average molecular weight is 384 g/mol. The third-order valence-corrected chi connectivity index (χ3v) is 7.32. The van der Waals surface area contributed by atoms with Crippen LogP contribution in [0.3, 0.4) is 0 Å². The topological polar surface area (TPSA) is 57.6 Å². The van der Waals surface area contributed by atoms with E-state index in [2.05, 4.69) is 6.07 Å². The van der Waals surface area contributed by atoms with Gasteiger partial charge in [-0.05, 0) is 55.7 Å². The number of rotatable bonds is 3. The highest BCUT2D eigenvalue weighted by Crippen LogP contribution is 2.37. The number of carboxylic acid groups (broad SMARTS) is 1. The number of piperidine rings is 1. The zero-order chi connectivity index (χ0) is 18.9. The molecule has 2 aromatic rings. The van der Waals surface area contributed by atoms with E-state index >= 15 is 0 Å². The summed E-state index contributed by atoms with van der Waals surface area (Å²) < 4.78 is 0. The van der Waals surface area contributed by atoms with Crippen LogP contribution in [0.25, 0.3) is 0 Å². The van der Waals surface area contributed by atoms with Crippen LogP contribution in [0, 0.1) is 0 Å². The van der Waals surface area contributed by atoms with Gasteiger partial charge in [0.2, 0.25) is 0 Å². The fourth-order valence-electron chi connectivity index (χ4n) is 4.40. The molecule has 27 heavy (non-hydrogen) atoms. The third kappa shape index (κ3) is 3.41. The summed E-state index contributed by atoms with van der Waals surface area (Å²) >= 11 is 1.65. The van der Waals surface area contributed by atoms with Crippen molar-refractivity contribution in [3.63, 3.8) is 0 Å². The lowest BCUT2D eigenvalue weighted by molar-refractivity contribution is -0.145. The molecule has 1 aromatic heterocycles. The van der Waals surface area contributed by atoms with Gasteiger partial charge in [0.25, 0.3) is 5.91 Å². The third-order valence-electron chi connectivity index (χ3n) is 6.10. The zero-order valence-corrected chi connectivity index (χ0v) is 16.3. The molecule has 142 valence electrons. The van der Waals surface area contributed by atoms with Crippen LogP contribution in [-0.4, -0.2) is 35.0 Å². The number of hydrogen-bond donors (Lipinski definition) is 1. The Bertz CT molecular complexity index is 811. The maximum atomic E-state index is 13.0. The Hall–Kier alpha value is -2.14. The molecule has 1 N–H and O–H groups in total. The van der Waals surface area contributed by atoms with Crippen molar-refractivity contribution < 1.29 is 14.7 Å². The van der Waals surface area contributed by atoms with Crippen molar-refractivity contribution in [3.8, 4) is 0 Å². The van der Waals surface area contributed by atoms with Crippen LogP contribution >= 0.6 is 11.3 Å². The fourth-order valence-corrected chi connectivity index (χ4v) is 5.62. The summed E-state index contributed by atoms with van der Waals surface area (Å²) in [6.07, 6.45) is 6.78. The molecule has 0 spiro atoms. The molecule has 1 aromatic carbocycles. The second kappa shape index (κ2) is 7.47. The lowest BCUT2D eigenvalue weighted by Gasteiger charge is -2.39. The summed E-state index contributed by atoms with van der Waals surface area (Å²) in [6.45, 7) is 0.977. The molecule has 0 radical (unpaired) electrons. The number of carbonyl (C=O) groups excluding carboxylic acids is 1. The van der Waals surface area contributed by atoms with Crippen LogP contribution in [0.2, 0.25) is 0 Å². The van der Waals surface area contributed by atoms with Gasteiger partial charge in [0.1, 0.15) is 0 Å². The molecule has 1 aliphatic heterocycles. The van der Waals surface area contributed by atoms with Crippen LogP contribution in [-0.2, 0) is 23.1 Å². The highest BCUT2D eigenvalue weighted by atomic mass is 32.1. The summed E-state index contributed by atoms with van der Waals surface area (Å²) in [5.74, 6) is -0.719. The molecule has 1 saturated heterocycles. The maximum Gasteiger partial charge on any atom is 0.314 e.